The number of hydrogen-bond acceptors (Lipinski definition) is 3. The molecule has 0 aliphatic heterocycles. The first kappa shape index (κ1) is 10.3. The van der Waals surface area contributed by atoms with Gasteiger partial charge in [0, 0.05) is 11.1 Å². The molecule has 0 aliphatic carbocycles. The van der Waals surface area contributed by atoms with Gasteiger partial charge >= 0.3 is 0 Å². The van der Waals surface area contributed by atoms with Crippen LogP contribution in [0.15, 0.2) is 36.5 Å². The second-order valence-corrected chi connectivity index (χ2v) is 4.87. The normalized spacial score (nSPS) is 12.7. The Labute approximate surface area is 93.8 Å². The third-order valence-corrected chi connectivity index (χ3v) is 3.30. The van der Waals surface area contributed by atoms with E-state index >= 15 is 0 Å². The molecule has 3 heteroatoms. The molecule has 2 nitrogen and oxygen atoms in total. The van der Waals surface area contributed by atoms with E-state index in [1.54, 1.807) is 11.3 Å². The van der Waals surface area contributed by atoms with Gasteiger partial charge in [-0.25, -0.2) is 4.98 Å². The van der Waals surface area contributed by atoms with Crippen molar-refractivity contribution in [1.29, 1.82) is 0 Å². The number of benzene rings is 1. The highest BCUT2D eigenvalue weighted by Crippen LogP contribution is 2.20. The number of aryl methyl sites for hydroxylation is 1. The van der Waals surface area contributed by atoms with Crippen molar-refractivity contribution in [2.75, 3.05) is 0 Å². The molecule has 0 saturated carbocycles. The predicted molar refractivity (Wildman–Crippen MR) is 63.9 cm³/mol. The van der Waals surface area contributed by atoms with E-state index in [1.807, 2.05) is 24.4 Å². The maximum Gasteiger partial charge on any atom is 0.110 e. The molecule has 0 spiro atoms. The third kappa shape index (κ3) is 2.64. The number of nitrogens with two attached hydrogens (primary N) is 1. The van der Waals surface area contributed by atoms with E-state index in [0.29, 0.717) is 0 Å². The van der Waals surface area contributed by atoms with Crippen LogP contribution >= 0.6 is 11.3 Å². The van der Waals surface area contributed by atoms with Crippen molar-refractivity contribution in [3.05, 3.63) is 52.0 Å². The van der Waals surface area contributed by atoms with Gasteiger partial charge in [-0.1, -0.05) is 30.3 Å². The Balaban J connectivity index is 2.07. The van der Waals surface area contributed by atoms with Crippen molar-refractivity contribution in [2.45, 2.75) is 19.4 Å². The van der Waals surface area contributed by atoms with Crippen molar-refractivity contribution >= 4 is 11.3 Å². The van der Waals surface area contributed by atoms with Crippen molar-refractivity contribution in [3.63, 3.8) is 0 Å². The zero-order valence-electron chi connectivity index (χ0n) is 8.68. The summed E-state index contributed by atoms with van der Waals surface area (Å²) in [5.74, 6) is 0. The molecule has 2 aromatic rings. The Morgan fingerprint density at radius 1 is 1.33 bits per heavy atom. The van der Waals surface area contributed by atoms with Gasteiger partial charge in [-0.2, -0.15) is 0 Å². The molecule has 1 heterocycles. The second-order valence-electron chi connectivity index (χ2n) is 3.61. The molecule has 78 valence electrons. The van der Waals surface area contributed by atoms with E-state index in [1.165, 1.54) is 10.4 Å². The molecule has 2 rings (SSSR count). The summed E-state index contributed by atoms with van der Waals surface area (Å²) in [5, 5.41) is 1.02. The molecule has 1 atom stereocenters. The molecular formula is C12H14N2S. The van der Waals surface area contributed by atoms with Crippen molar-refractivity contribution in [3.8, 4) is 0 Å². The molecule has 0 fully saturated rings. The largest absolute Gasteiger partial charge is 0.322 e. The van der Waals surface area contributed by atoms with Crippen LogP contribution in [0.2, 0.25) is 0 Å². The second kappa shape index (κ2) is 4.55. The van der Waals surface area contributed by atoms with Crippen LogP contribution in [0.1, 0.15) is 21.5 Å². The van der Waals surface area contributed by atoms with Crippen LogP contribution < -0.4 is 5.73 Å². The van der Waals surface area contributed by atoms with Gasteiger partial charge in [0.1, 0.15) is 5.01 Å². The Kier molecular flexibility index (Phi) is 3.14. The molecule has 0 radical (unpaired) electrons. The summed E-state index contributed by atoms with van der Waals surface area (Å²) in [6.07, 6.45) is 2.73. The van der Waals surface area contributed by atoms with Crippen molar-refractivity contribution < 1.29 is 0 Å². The van der Waals surface area contributed by atoms with E-state index in [4.69, 9.17) is 5.73 Å². The molecule has 15 heavy (non-hydrogen) atoms. The van der Waals surface area contributed by atoms with E-state index in [-0.39, 0.29) is 6.04 Å². The zero-order chi connectivity index (χ0) is 10.7. The van der Waals surface area contributed by atoms with Crippen LogP contribution in [0.25, 0.3) is 0 Å². The van der Waals surface area contributed by atoms with Crippen LogP contribution in [0.3, 0.4) is 0 Å². The standard InChI is InChI=1S/C12H14N2S/c1-9-8-14-12(15-9)11(13)7-10-5-3-2-4-6-10/h2-6,8,11H,7,13H2,1H3. The SMILES string of the molecule is Cc1cnc(C(N)Cc2ccccc2)s1. The Hall–Kier alpha value is -1.19. The lowest BCUT2D eigenvalue weighted by Gasteiger charge is -2.07. The number of thiazole rings is 1. The summed E-state index contributed by atoms with van der Waals surface area (Å²) in [5.41, 5.74) is 7.35. The number of hydrogen-bond donors (Lipinski definition) is 1. The summed E-state index contributed by atoms with van der Waals surface area (Å²) < 4.78 is 0. The van der Waals surface area contributed by atoms with E-state index < -0.39 is 0 Å². The van der Waals surface area contributed by atoms with Crippen LogP contribution in [0.5, 0.6) is 0 Å². The Bertz CT molecular complexity index is 422. The molecule has 1 aromatic heterocycles. The summed E-state index contributed by atoms with van der Waals surface area (Å²) in [7, 11) is 0. The minimum absolute atomic E-state index is 0.0195. The summed E-state index contributed by atoms with van der Waals surface area (Å²) in [4.78, 5) is 5.52. The molecule has 1 aromatic carbocycles. The smallest absolute Gasteiger partial charge is 0.110 e. The maximum atomic E-state index is 6.09. The fourth-order valence-electron chi connectivity index (χ4n) is 1.50. The predicted octanol–water partition coefficient (Wildman–Crippen LogP) is 2.69. The van der Waals surface area contributed by atoms with Crippen molar-refractivity contribution in [2.24, 2.45) is 5.73 Å². The van der Waals surface area contributed by atoms with Gasteiger partial charge in [0.2, 0.25) is 0 Å². The number of nitrogens with zero attached hydrogens (tertiary/aromatic N) is 1. The lowest BCUT2D eigenvalue weighted by atomic mass is 10.1. The molecule has 0 bridgehead atoms. The van der Waals surface area contributed by atoms with E-state index in [9.17, 15) is 0 Å². The van der Waals surface area contributed by atoms with Gasteiger partial charge in [0.15, 0.2) is 0 Å². The lowest BCUT2D eigenvalue weighted by Crippen LogP contribution is -2.12. The fourth-order valence-corrected chi connectivity index (χ4v) is 2.27. The topological polar surface area (TPSA) is 38.9 Å². The minimum Gasteiger partial charge on any atom is -0.322 e. The van der Waals surface area contributed by atoms with Gasteiger partial charge in [0.05, 0.1) is 6.04 Å². The average Bonchev–Trinajstić information content (AvgIpc) is 2.66. The molecule has 2 N–H and O–H groups in total. The summed E-state index contributed by atoms with van der Waals surface area (Å²) >= 11 is 1.68. The van der Waals surface area contributed by atoms with Crippen molar-refractivity contribution in [1.82, 2.24) is 4.98 Å². The first-order valence-corrected chi connectivity index (χ1v) is 5.79. The van der Waals surface area contributed by atoms with Gasteiger partial charge < -0.3 is 5.73 Å². The zero-order valence-corrected chi connectivity index (χ0v) is 9.50. The molecule has 0 saturated heterocycles. The van der Waals surface area contributed by atoms with E-state index in [2.05, 4.69) is 24.0 Å². The highest BCUT2D eigenvalue weighted by molar-refractivity contribution is 7.11. The number of aromatic nitrogens is 1. The highest BCUT2D eigenvalue weighted by atomic mass is 32.1. The Morgan fingerprint density at radius 2 is 2.07 bits per heavy atom. The molecular weight excluding hydrogens is 204 g/mol. The van der Waals surface area contributed by atoms with Gasteiger partial charge in [0.25, 0.3) is 0 Å². The van der Waals surface area contributed by atoms with Gasteiger partial charge in [-0.05, 0) is 18.9 Å². The number of rotatable bonds is 3. The summed E-state index contributed by atoms with van der Waals surface area (Å²) in [6, 6.07) is 10.3. The van der Waals surface area contributed by atoms with Crippen LogP contribution in [-0.4, -0.2) is 4.98 Å². The summed E-state index contributed by atoms with van der Waals surface area (Å²) in [6.45, 7) is 2.05. The monoisotopic (exact) mass is 218 g/mol. The van der Waals surface area contributed by atoms with Gasteiger partial charge in [-0.15, -0.1) is 11.3 Å². The molecule has 0 amide bonds. The first-order chi connectivity index (χ1) is 7.25. The van der Waals surface area contributed by atoms with Gasteiger partial charge in [-0.3, -0.25) is 0 Å². The quantitative estimate of drug-likeness (QED) is 0.860. The average molecular weight is 218 g/mol. The fraction of sp³-hybridized carbons (Fsp3) is 0.250. The third-order valence-electron chi connectivity index (χ3n) is 2.25. The maximum absolute atomic E-state index is 6.09. The van der Waals surface area contributed by atoms with Crippen LogP contribution in [0.4, 0.5) is 0 Å². The lowest BCUT2D eigenvalue weighted by molar-refractivity contribution is 0.715. The van der Waals surface area contributed by atoms with E-state index in [0.717, 1.165) is 11.4 Å². The van der Waals surface area contributed by atoms with Crippen LogP contribution in [0, 0.1) is 6.92 Å². The Morgan fingerprint density at radius 3 is 2.67 bits per heavy atom. The molecule has 1 unspecified atom stereocenters. The first-order valence-electron chi connectivity index (χ1n) is 4.97. The highest BCUT2D eigenvalue weighted by Gasteiger charge is 2.10. The van der Waals surface area contributed by atoms with Crippen LogP contribution in [-0.2, 0) is 6.42 Å². The molecule has 0 aliphatic rings. The minimum atomic E-state index is 0.0195.